The highest BCUT2D eigenvalue weighted by molar-refractivity contribution is 5.78. The second-order valence-electron chi connectivity index (χ2n) is 6.93. The van der Waals surface area contributed by atoms with Crippen molar-refractivity contribution >= 4 is 11.8 Å². The molecule has 24 heavy (non-hydrogen) atoms. The second kappa shape index (κ2) is 7.80. The first-order valence-corrected chi connectivity index (χ1v) is 9.01. The van der Waals surface area contributed by atoms with Crippen LogP contribution in [0.25, 0.3) is 0 Å². The Hall–Kier alpha value is -1.18. The number of carbonyl (C=O) groups excluding carboxylic acids is 2. The molecule has 3 fully saturated rings. The number of rotatable bonds is 6. The van der Waals surface area contributed by atoms with E-state index >= 15 is 0 Å². The summed E-state index contributed by atoms with van der Waals surface area (Å²) in [5, 5.41) is 0. The molecule has 1 atom stereocenters. The lowest BCUT2D eigenvalue weighted by molar-refractivity contribution is -0.203. The lowest BCUT2D eigenvalue weighted by Gasteiger charge is -2.52. The van der Waals surface area contributed by atoms with E-state index in [-0.39, 0.29) is 36.7 Å². The Morgan fingerprint density at radius 2 is 1.83 bits per heavy atom. The smallest absolute Gasteiger partial charge is 0.248 e. The Bertz CT molecular complexity index is 458. The Morgan fingerprint density at radius 1 is 1.12 bits per heavy atom. The summed E-state index contributed by atoms with van der Waals surface area (Å²) in [5.74, 6) is 0.105. The molecule has 136 valence electrons. The number of hydrogen-bond acceptors (Lipinski definition) is 5. The summed E-state index contributed by atoms with van der Waals surface area (Å²) < 4.78 is 16.9. The summed E-state index contributed by atoms with van der Waals surface area (Å²) in [6.45, 7) is 6.24. The predicted molar refractivity (Wildman–Crippen MR) is 86.5 cm³/mol. The molecule has 3 saturated heterocycles. The third-order valence-electron chi connectivity index (χ3n) is 5.09. The fraction of sp³-hybridized carbons (Fsp3) is 0.882. The second-order valence-corrected chi connectivity index (χ2v) is 6.93. The molecule has 2 amide bonds. The molecule has 0 aromatic carbocycles. The third kappa shape index (κ3) is 4.07. The summed E-state index contributed by atoms with van der Waals surface area (Å²) in [6, 6.07) is 0. The maximum absolute atomic E-state index is 12.1. The van der Waals surface area contributed by atoms with Gasteiger partial charge in [0.2, 0.25) is 11.8 Å². The average molecular weight is 340 g/mol. The molecule has 3 rings (SSSR count). The van der Waals surface area contributed by atoms with Crippen molar-refractivity contribution in [1.29, 1.82) is 0 Å². The van der Waals surface area contributed by atoms with E-state index in [0.717, 1.165) is 38.8 Å². The SMILES string of the molecule is CCOCC(=O)N1CC2(CC(OCC(=O)N3CCCC3)CCO2)C1. The van der Waals surface area contributed by atoms with Gasteiger partial charge in [-0.15, -0.1) is 0 Å². The molecular weight excluding hydrogens is 312 g/mol. The van der Waals surface area contributed by atoms with Crippen molar-refractivity contribution in [3.05, 3.63) is 0 Å². The maximum atomic E-state index is 12.1. The van der Waals surface area contributed by atoms with Crippen molar-refractivity contribution in [3.8, 4) is 0 Å². The van der Waals surface area contributed by atoms with Crippen molar-refractivity contribution < 1.29 is 23.8 Å². The molecule has 3 aliphatic rings. The molecule has 0 aromatic rings. The molecule has 0 N–H and O–H groups in total. The van der Waals surface area contributed by atoms with Crippen LogP contribution < -0.4 is 0 Å². The largest absolute Gasteiger partial charge is 0.372 e. The topological polar surface area (TPSA) is 68.3 Å². The number of likely N-dealkylation sites (tertiary alicyclic amines) is 2. The monoisotopic (exact) mass is 340 g/mol. The van der Waals surface area contributed by atoms with Gasteiger partial charge in [0.1, 0.15) is 18.8 Å². The van der Waals surface area contributed by atoms with Crippen molar-refractivity contribution in [1.82, 2.24) is 9.80 Å². The van der Waals surface area contributed by atoms with E-state index in [1.165, 1.54) is 0 Å². The van der Waals surface area contributed by atoms with Gasteiger partial charge in [-0.25, -0.2) is 0 Å². The van der Waals surface area contributed by atoms with Crippen molar-refractivity contribution in [2.24, 2.45) is 0 Å². The predicted octanol–water partition coefficient (Wildman–Crippen LogP) is 0.422. The van der Waals surface area contributed by atoms with Crippen molar-refractivity contribution in [2.75, 3.05) is 52.6 Å². The maximum Gasteiger partial charge on any atom is 0.248 e. The van der Waals surface area contributed by atoms with Gasteiger partial charge in [-0.3, -0.25) is 9.59 Å². The van der Waals surface area contributed by atoms with Crippen LogP contribution in [0, 0.1) is 0 Å². The Balaban J connectivity index is 1.40. The molecule has 0 aromatic heterocycles. The van der Waals surface area contributed by atoms with Gasteiger partial charge in [0.15, 0.2) is 0 Å². The van der Waals surface area contributed by atoms with Crippen LogP contribution in [0.1, 0.15) is 32.6 Å². The zero-order chi connectivity index (χ0) is 17.0. The van der Waals surface area contributed by atoms with Gasteiger partial charge in [-0.05, 0) is 26.2 Å². The molecule has 7 nitrogen and oxygen atoms in total. The van der Waals surface area contributed by atoms with Crippen LogP contribution in [0.4, 0.5) is 0 Å². The molecule has 0 aliphatic carbocycles. The van der Waals surface area contributed by atoms with Gasteiger partial charge < -0.3 is 24.0 Å². The number of carbonyl (C=O) groups is 2. The summed E-state index contributed by atoms with van der Waals surface area (Å²) >= 11 is 0. The Kier molecular flexibility index (Phi) is 5.73. The van der Waals surface area contributed by atoms with Crippen LogP contribution in [0.3, 0.4) is 0 Å². The normalized spacial score (nSPS) is 25.8. The summed E-state index contributed by atoms with van der Waals surface area (Å²) in [4.78, 5) is 27.6. The van der Waals surface area contributed by atoms with Crippen molar-refractivity contribution in [3.63, 3.8) is 0 Å². The van der Waals surface area contributed by atoms with Crippen LogP contribution >= 0.6 is 0 Å². The molecule has 0 bridgehead atoms. The highest BCUT2D eigenvalue weighted by Gasteiger charge is 2.49. The van der Waals surface area contributed by atoms with E-state index in [1.807, 2.05) is 11.8 Å². The van der Waals surface area contributed by atoms with Crippen LogP contribution in [0.2, 0.25) is 0 Å². The van der Waals surface area contributed by atoms with E-state index in [9.17, 15) is 9.59 Å². The Labute approximate surface area is 143 Å². The minimum absolute atomic E-state index is 0.0123. The fourth-order valence-electron chi connectivity index (χ4n) is 3.70. The lowest BCUT2D eigenvalue weighted by atomic mass is 9.84. The first-order valence-electron chi connectivity index (χ1n) is 9.01. The van der Waals surface area contributed by atoms with Crippen LogP contribution in [0.15, 0.2) is 0 Å². The number of hydrogen-bond donors (Lipinski definition) is 0. The van der Waals surface area contributed by atoms with Gasteiger partial charge in [0, 0.05) is 32.7 Å². The quantitative estimate of drug-likeness (QED) is 0.701. The number of ether oxygens (including phenoxy) is 3. The third-order valence-corrected chi connectivity index (χ3v) is 5.09. The van der Waals surface area contributed by atoms with E-state index in [2.05, 4.69) is 0 Å². The van der Waals surface area contributed by atoms with Gasteiger partial charge >= 0.3 is 0 Å². The van der Waals surface area contributed by atoms with Gasteiger partial charge in [0.05, 0.1) is 19.2 Å². The number of nitrogens with zero attached hydrogens (tertiary/aromatic N) is 2. The molecular formula is C17H28N2O5. The molecule has 0 radical (unpaired) electrons. The summed E-state index contributed by atoms with van der Waals surface area (Å²) in [6.07, 6.45) is 3.78. The van der Waals surface area contributed by atoms with E-state index < -0.39 is 0 Å². The number of amides is 2. The van der Waals surface area contributed by atoms with Gasteiger partial charge in [-0.1, -0.05) is 0 Å². The molecule has 1 unspecified atom stereocenters. The van der Waals surface area contributed by atoms with E-state index in [4.69, 9.17) is 14.2 Å². The zero-order valence-electron chi connectivity index (χ0n) is 14.5. The summed E-state index contributed by atoms with van der Waals surface area (Å²) in [7, 11) is 0. The van der Waals surface area contributed by atoms with Gasteiger partial charge in [-0.2, -0.15) is 0 Å². The van der Waals surface area contributed by atoms with Crippen molar-refractivity contribution in [2.45, 2.75) is 44.3 Å². The first-order chi connectivity index (χ1) is 11.6. The average Bonchev–Trinajstić information content (AvgIpc) is 3.10. The van der Waals surface area contributed by atoms with Crippen LogP contribution in [-0.4, -0.2) is 85.9 Å². The first kappa shape index (κ1) is 17.6. The lowest BCUT2D eigenvalue weighted by Crippen LogP contribution is -2.67. The minimum Gasteiger partial charge on any atom is -0.372 e. The summed E-state index contributed by atoms with van der Waals surface area (Å²) in [5.41, 5.74) is -0.290. The standard InChI is InChI=1S/C17H28N2O5/c1-2-22-10-15(20)19-12-17(13-19)9-14(5-8-24-17)23-11-16(21)18-6-3-4-7-18/h14H,2-13H2,1H3. The minimum atomic E-state index is -0.290. The fourth-order valence-corrected chi connectivity index (χ4v) is 3.70. The molecule has 1 spiro atoms. The zero-order valence-corrected chi connectivity index (χ0v) is 14.5. The molecule has 7 heteroatoms. The van der Waals surface area contributed by atoms with Crippen LogP contribution in [0.5, 0.6) is 0 Å². The van der Waals surface area contributed by atoms with E-state index in [1.54, 1.807) is 4.90 Å². The van der Waals surface area contributed by atoms with E-state index in [0.29, 0.717) is 26.3 Å². The highest BCUT2D eigenvalue weighted by Crippen LogP contribution is 2.35. The van der Waals surface area contributed by atoms with Crippen LogP contribution in [-0.2, 0) is 23.8 Å². The Morgan fingerprint density at radius 3 is 2.54 bits per heavy atom. The van der Waals surface area contributed by atoms with Gasteiger partial charge in [0.25, 0.3) is 0 Å². The molecule has 0 saturated carbocycles. The molecule has 3 aliphatic heterocycles. The molecule has 3 heterocycles. The highest BCUT2D eigenvalue weighted by atomic mass is 16.5.